The molecule has 1 aliphatic heterocycles. The lowest BCUT2D eigenvalue weighted by Gasteiger charge is -2.33. The minimum Gasteiger partial charge on any atom is -0.461 e. The molecule has 82 valence electrons. The number of carbonyl (C=O) groups is 1. The van der Waals surface area contributed by atoms with Crippen LogP contribution in [0.15, 0.2) is 0 Å². The van der Waals surface area contributed by atoms with Gasteiger partial charge < -0.3 is 14.9 Å². The van der Waals surface area contributed by atoms with Crippen LogP contribution in [0.2, 0.25) is 0 Å². The molecule has 4 nitrogen and oxygen atoms in total. The molecule has 0 radical (unpaired) electrons. The third-order valence-corrected chi connectivity index (χ3v) is 2.59. The van der Waals surface area contributed by atoms with E-state index in [-0.39, 0.29) is 18.0 Å². The van der Waals surface area contributed by atoms with E-state index in [0.29, 0.717) is 19.3 Å². The first kappa shape index (κ1) is 11.5. The van der Waals surface area contributed by atoms with Crippen LogP contribution in [-0.4, -0.2) is 34.5 Å². The van der Waals surface area contributed by atoms with Gasteiger partial charge in [-0.2, -0.15) is 0 Å². The number of cyclic esters (lactones) is 1. The van der Waals surface area contributed by atoms with Gasteiger partial charge >= 0.3 is 5.97 Å². The minimum atomic E-state index is -0.499. The van der Waals surface area contributed by atoms with Gasteiger partial charge in [-0.05, 0) is 33.1 Å². The monoisotopic (exact) mass is 202 g/mol. The summed E-state index contributed by atoms with van der Waals surface area (Å²) in [5.41, 5.74) is 0. The van der Waals surface area contributed by atoms with Crippen molar-refractivity contribution in [3.05, 3.63) is 0 Å². The minimum absolute atomic E-state index is 0.0336. The van der Waals surface area contributed by atoms with E-state index in [4.69, 9.17) is 9.84 Å². The second-order valence-corrected chi connectivity index (χ2v) is 4.08. The van der Waals surface area contributed by atoms with Gasteiger partial charge in [0.15, 0.2) is 0 Å². The smallest absolute Gasteiger partial charge is 0.312 e. The Labute approximate surface area is 83.9 Å². The van der Waals surface area contributed by atoms with Crippen LogP contribution in [0.5, 0.6) is 0 Å². The fourth-order valence-corrected chi connectivity index (χ4v) is 1.62. The quantitative estimate of drug-likeness (QED) is 0.636. The van der Waals surface area contributed by atoms with Crippen molar-refractivity contribution < 1.29 is 19.7 Å². The highest BCUT2D eigenvalue weighted by Gasteiger charge is 2.38. The zero-order valence-corrected chi connectivity index (χ0v) is 8.64. The highest BCUT2D eigenvalue weighted by atomic mass is 16.6. The first-order valence-corrected chi connectivity index (χ1v) is 5.07. The summed E-state index contributed by atoms with van der Waals surface area (Å²) >= 11 is 0. The SMILES string of the molecule is CC(O)CC(O)CCC1OC(=O)C1C. The van der Waals surface area contributed by atoms with Crippen LogP contribution in [0.1, 0.15) is 33.1 Å². The number of ether oxygens (including phenoxy) is 1. The van der Waals surface area contributed by atoms with Crippen molar-refractivity contribution in [2.24, 2.45) is 5.92 Å². The van der Waals surface area contributed by atoms with Gasteiger partial charge in [-0.15, -0.1) is 0 Å². The zero-order chi connectivity index (χ0) is 10.7. The Morgan fingerprint density at radius 2 is 2.14 bits per heavy atom. The molecule has 2 N–H and O–H groups in total. The number of hydrogen-bond acceptors (Lipinski definition) is 4. The van der Waals surface area contributed by atoms with Gasteiger partial charge in [0.2, 0.25) is 0 Å². The normalized spacial score (nSPS) is 30.4. The highest BCUT2D eigenvalue weighted by molar-refractivity contribution is 5.77. The van der Waals surface area contributed by atoms with Gasteiger partial charge in [0.05, 0.1) is 18.1 Å². The summed E-state index contributed by atoms with van der Waals surface area (Å²) in [5.74, 6) is -0.186. The molecule has 0 spiro atoms. The van der Waals surface area contributed by atoms with Crippen molar-refractivity contribution in [3.63, 3.8) is 0 Å². The Balaban J connectivity index is 2.12. The molecular weight excluding hydrogens is 184 g/mol. The van der Waals surface area contributed by atoms with Crippen LogP contribution in [0, 0.1) is 5.92 Å². The van der Waals surface area contributed by atoms with Crippen LogP contribution in [0.25, 0.3) is 0 Å². The van der Waals surface area contributed by atoms with Crippen LogP contribution >= 0.6 is 0 Å². The molecular formula is C10H18O4. The van der Waals surface area contributed by atoms with E-state index >= 15 is 0 Å². The molecule has 0 aromatic carbocycles. The van der Waals surface area contributed by atoms with E-state index in [9.17, 15) is 9.90 Å². The third kappa shape index (κ3) is 2.96. The zero-order valence-electron chi connectivity index (χ0n) is 8.64. The summed E-state index contributed by atoms with van der Waals surface area (Å²) < 4.78 is 4.89. The molecule has 1 saturated heterocycles. The Morgan fingerprint density at radius 1 is 1.50 bits per heavy atom. The molecule has 0 aromatic heterocycles. The number of esters is 1. The van der Waals surface area contributed by atoms with Gasteiger partial charge in [-0.3, -0.25) is 4.79 Å². The first-order valence-electron chi connectivity index (χ1n) is 5.07. The molecule has 0 aliphatic carbocycles. The average Bonchev–Trinajstić information content (AvgIpc) is 2.10. The summed E-state index contributed by atoms with van der Waals surface area (Å²) in [6.07, 6.45) is 0.627. The Bertz CT molecular complexity index is 202. The first-order chi connectivity index (χ1) is 6.50. The van der Waals surface area contributed by atoms with E-state index in [1.807, 2.05) is 6.92 Å². The fourth-order valence-electron chi connectivity index (χ4n) is 1.62. The molecule has 4 atom stereocenters. The standard InChI is InChI=1S/C10H18O4/c1-6(11)5-8(12)3-4-9-7(2)10(13)14-9/h6-9,11-12H,3-5H2,1-2H3. The van der Waals surface area contributed by atoms with E-state index in [2.05, 4.69) is 0 Å². The number of aliphatic hydroxyl groups excluding tert-OH is 2. The molecule has 4 unspecified atom stereocenters. The summed E-state index contributed by atoms with van der Waals surface area (Å²) in [4.78, 5) is 10.7. The summed E-state index contributed by atoms with van der Waals surface area (Å²) in [6.45, 7) is 3.48. The maximum Gasteiger partial charge on any atom is 0.312 e. The van der Waals surface area contributed by atoms with Crippen molar-refractivity contribution in [1.82, 2.24) is 0 Å². The lowest BCUT2D eigenvalue weighted by molar-refractivity contribution is -0.183. The molecule has 1 heterocycles. The molecule has 1 aliphatic rings. The fraction of sp³-hybridized carbons (Fsp3) is 0.900. The van der Waals surface area contributed by atoms with E-state index in [1.165, 1.54) is 0 Å². The van der Waals surface area contributed by atoms with Crippen molar-refractivity contribution in [1.29, 1.82) is 0 Å². The molecule has 0 aromatic rings. The van der Waals surface area contributed by atoms with Crippen molar-refractivity contribution in [3.8, 4) is 0 Å². The maximum atomic E-state index is 10.7. The molecule has 0 bridgehead atoms. The van der Waals surface area contributed by atoms with E-state index in [0.717, 1.165) is 0 Å². The number of rotatable bonds is 5. The predicted octanol–water partition coefficient (Wildman–Crippen LogP) is 0.460. The van der Waals surface area contributed by atoms with Gasteiger partial charge in [-0.25, -0.2) is 0 Å². The van der Waals surface area contributed by atoms with Crippen molar-refractivity contribution >= 4 is 5.97 Å². The predicted molar refractivity (Wildman–Crippen MR) is 50.6 cm³/mol. The summed E-state index contributed by atoms with van der Waals surface area (Å²) in [7, 11) is 0. The number of carbonyl (C=O) groups excluding carboxylic acids is 1. The molecule has 4 heteroatoms. The molecule has 0 saturated carbocycles. The Hall–Kier alpha value is -0.610. The lowest BCUT2D eigenvalue weighted by Crippen LogP contribution is -2.43. The van der Waals surface area contributed by atoms with E-state index in [1.54, 1.807) is 6.92 Å². The molecule has 1 fully saturated rings. The van der Waals surface area contributed by atoms with Crippen LogP contribution < -0.4 is 0 Å². The summed E-state index contributed by atoms with van der Waals surface area (Å²) in [6, 6.07) is 0. The maximum absolute atomic E-state index is 10.7. The average molecular weight is 202 g/mol. The molecule has 1 rings (SSSR count). The van der Waals surface area contributed by atoms with Gasteiger partial charge in [-0.1, -0.05) is 0 Å². The molecule has 0 amide bonds. The topological polar surface area (TPSA) is 66.8 Å². The van der Waals surface area contributed by atoms with Crippen LogP contribution in [0.3, 0.4) is 0 Å². The second kappa shape index (κ2) is 4.75. The number of hydrogen-bond donors (Lipinski definition) is 2. The van der Waals surface area contributed by atoms with Gasteiger partial charge in [0, 0.05) is 0 Å². The second-order valence-electron chi connectivity index (χ2n) is 4.08. The van der Waals surface area contributed by atoms with Gasteiger partial charge in [0.1, 0.15) is 6.10 Å². The highest BCUT2D eigenvalue weighted by Crippen LogP contribution is 2.26. The van der Waals surface area contributed by atoms with Gasteiger partial charge in [0.25, 0.3) is 0 Å². The molecule has 14 heavy (non-hydrogen) atoms. The van der Waals surface area contributed by atoms with Crippen molar-refractivity contribution in [2.45, 2.75) is 51.4 Å². The third-order valence-electron chi connectivity index (χ3n) is 2.59. The lowest BCUT2D eigenvalue weighted by atomic mass is 9.93. The van der Waals surface area contributed by atoms with Crippen LogP contribution in [0.4, 0.5) is 0 Å². The largest absolute Gasteiger partial charge is 0.461 e. The van der Waals surface area contributed by atoms with Crippen LogP contribution in [-0.2, 0) is 9.53 Å². The van der Waals surface area contributed by atoms with E-state index < -0.39 is 12.2 Å². The Kier molecular flexibility index (Phi) is 3.89. The summed E-state index contributed by atoms with van der Waals surface area (Å²) in [5, 5.41) is 18.4. The number of aliphatic hydroxyl groups is 2. The van der Waals surface area contributed by atoms with Crippen molar-refractivity contribution in [2.75, 3.05) is 0 Å². The Morgan fingerprint density at radius 3 is 2.57 bits per heavy atom.